The number of para-hydroxylation sites is 1. The zero-order valence-corrected chi connectivity index (χ0v) is 20.7. The number of hydrogen-bond donors (Lipinski definition) is 3. The predicted molar refractivity (Wildman–Crippen MR) is 148 cm³/mol. The Morgan fingerprint density at radius 3 is 2.44 bits per heavy atom. The van der Waals surface area contributed by atoms with Gasteiger partial charge in [-0.3, -0.25) is 4.79 Å². The normalized spacial score (nSPS) is 10.7. The van der Waals surface area contributed by atoms with Crippen LogP contribution in [0.1, 0.15) is 21.5 Å². The van der Waals surface area contributed by atoms with Crippen molar-refractivity contribution in [1.29, 1.82) is 5.26 Å². The first-order valence-corrected chi connectivity index (χ1v) is 12.3. The first kappa shape index (κ1) is 23.4. The Balaban J connectivity index is 1.76. The van der Waals surface area contributed by atoms with Crippen LogP contribution in [0.15, 0.2) is 78.9 Å². The summed E-state index contributed by atoms with van der Waals surface area (Å²) in [4.78, 5) is 18.1. The molecule has 0 aliphatic heterocycles. The number of nitriles is 1. The summed E-state index contributed by atoms with van der Waals surface area (Å²) in [6, 6.07) is 26.4. The largest absolute Gasteiger partial charge is 0.383 e. The van der Waals surface area contributed by atoms with Gasteiger partial charge in [0.15, 0.2) is 0 Å². The van der Waals surface area contributed by atoms with Gasteiger partial charge in [-0.2, -0.15) is 5.26 Å². The van der Waals surface area contributed by atoms with Crippen molar-refractivity contribution < 1.29 is 4.79 Å². The number of anilines is 4. The molecule has 0 aliphatic carbocycles. The Labute approximate surface area is 217 Å². The molecule has 0 saturated heterocycles. The van der Waals surface area contributed by atoms with E-state index in [2.05, 4.69) is 21.7 Å². The van der Waals surface area contributed by atoms with Crippen LogP contribution >= 0.6 is 22.9 Å². The highest BCUT2D eigenvalue weighted by Gasteiger charge is 2.26. The zero-order valence-electron chi connectivity index (χ0n) is 19.2. The molecule has 176 valence electrons. The summed E-state index contributed by atoms with van der Waals surface area (Å²) in [5.74, 6) is -0.273. The first-order valence-electron chi connectivity index (χ1n) is 11.1. The molecule has 0 radical (unpaired) electrons. The second-order valence-electron chi connectivity index (χ2n) is 8.16. The summed E-state index contributed by atoms with van der Waals surface area (Å²) in [6.45, 7) is 2.00. The van der Waals surface area contributed by atoms with E-state index in [-0.39, 0.29) is 17.3 Å². The Morgan fingerprint density at radius 1 is 1.03 bits per heavy atom. The number of benzene rings is 3. The van der Waals surface area contributed by atoms with Gasteiger partial charge in [0.25, 0.3) is 5.91 Å². The fraction of sp³-hybridized carbons (Fsp3) is 0.0357. The van der Waals surface area contributed by atoms with E-state index in [1.54, 1.807) is 12.1 Å². The van der Waals surface area contributed by atoms with E-state index in [9.17, 15) is 10.1 Å². The Hall–Kier alpha value is -4.38. The van der Waals surface area contributed by atoms with Crippen LogP contribution in [0.2, 0.25) is 5.02 Å². The van der Waals surface area contributed by atoms with E-state index in [4.69, 9.17) is 17.3 Å². The van der Waals surface area contributed by atoms with E-state index in [1.807, 2.05) is 73.7 Å². The quantitative estimate of drug-likeness (QED) is 0.229. The summed E-state index contributed by atoms with van der Waals surface area (Å²) >= 11 is 7.46. The minimum atomic E-state index is -0.332. The van der Waals surface area contributed by atoms with Gasteiger partial charge < -0.3 is 16.4 Å². The number of pyridine rings is 1. The minimum Gasteiger partial charge on any atom is -0.383 e. The molecule has 2 heterocycles. The molecule has 0 bridgehead atoms. The third-order valence-electron chi connectivity index (χ3n) is 5.63. The van der Waals surface area contributed by atoms with Crippen LogP contribution in [0.3, 0.4) is 0 Å². The average molecular weight is 510 g/mol. The molecule has 5 rings (SSSR count). The molecule has 0 spiro atoms. The van der Waals surface area contributed by atoms with Gasteiger partial charge in [0.1, 0.15) is 28.0 Å². The molecule has 0 saturated carbocycles. The van der Waals surface area contributed by atoms with Gasteiger partial charge in [-0.25, -0.2) is 4.98 Å². The van der Waals surface area contributed by atoms with Crippen molar-refractivity contribution in [1.82, 2.24) is 4.98 Å². The molecule has 36 heavy (non-hydrogen) atoms. The monoisotopic (exact) mass is 509 g/mol. The van der Waals surface area contributed by atoms with Gasteiger partial charge in [0, 0.05) is 22.0 Å². The summed E-state index contributed by atoms with van der Waals surface area (Å²) in [5, 5.41) is 17.4. The van der Waals surface area contributed by atoms with Crippen LogP contribution in [0.4, 0.5) is 22.2 Å². The highest BCUT2D eigenvalue weighted by molar-refractivity contribution is 7.24. The molecule has 4 N–H and O–H groups in total. The van der Waals surface area contributed by atoms with Crippen molar-refractivity contribution in [2.24, 2.45) is 0 Å². The molecule has 3 aromatic carbocycles. The third-order valence-corrected chi connectivity index (χ3v) is 6.99. The van der Waals surface area contributed by atoms with Crippen LogP contribution in [0.5, 0.6) is 0 Å². The van der Waals surface area contributed by atoms with E-state index in [0.717, 1.165) is 16.8 Å². The number of fused-ring (bicyclic) bond motifs is 1. The van der Waals surface area contributed by atoms with Crippen LogP contribution < -0.4 is 16.4 Å². The zero-order chi connectivity index (χ0) is 25.2. The molecule has 0 unspecified atom stereocenters. The fourth-order valence-electron chi connectivity index (χ4n) is 3.99. The van der Waals surface area contributed by atoms with E-state index >= 15 is 0 Å². The van der Waals surface area contributed by atoms with Crippen molar-refractivity contribution in [3.8, 4) is 17.2 Å². The van der Waals surface area contributed by atoms with E-state index < -0.39 is 0 Å². The lowest BCUT2D eigenvalue weighted by molar-refractivity contribution is 0.102. The summed E-state index contributed by atoms with van der Waals surface area (Å²) in [7, 11) is 0. The topological polar surface area (TPSA) is 104 Å². The van der Waals surface area contributed by atoms with Gasteiger partial charge >= 0.3 is 0 Å². The Kier molecular flexibility index (Phi) is 6.30. The molecular formula is C28H20ClN5OS. The number of rotatable bonds is 5. The molecule has 0 atom stereocenters. The number of carbonyl (C=O) groups excluding carboxylic acids is 1. The number of hydrogen-bond acceptors (Lipinski definition) is 6. The number of aromatic nitrogens is 1. The van der Waals surface area contributed by atoms with E-state index in [1.165, 1.54) is 11.3 Å². The van der Waals surface area contributed by atoms with Gasteiger partial charge in [-0.15, -0.1) is 11.3 Å². The van der Waals surface area contributed by atoms with Crippen LogP contribution in [0, 0.1) is 18.3 Å². The average Bonchev–Trinajstić information content (AvgIpc) is 3.21. The lowest BCUT2D eigenvalue weighted by Crippen LogP contribution is -2.13. The smallest absolute Gasteiger partial charge is 0.260 e. The number of nitrogens with zero attached hydrogens (tertiary/aromatic N) is 2. The molecule has 5 aromatic rings. The standard InChI is InChI=1S/C28H20ClN5OS/c1-16-6-5-9-20(14-16)33-28-23(27(35)32-19-7-3-2-4-8-19)24-25(36-28)22(21(15-30)26(31)34-24)17-10-12-18(29)13-11-17/h2-14,33H,1H3,(H2,31,34)(H,32,35). The number of thiophene rings is 1. The first-order chi connectivity index (χ1) is 17.4. The van der Waals surface area contributed by atoms with Crippen molar-refractivity contribution >= 4 is 61.3 Å². The lowest BCUT2D eigenvalue weighted by Gasteiger charge is -2.10. The van der Waals surface area contributed by atoms with Gasteiger partial charge in [0.05, 0.1) is 10.2 Å². The number of nitrogens with two attached hydrogens (primary N) is 1. The van der Waals surface area contributed by atoms with Crippen molar-refractivity contribution in [3.05, 3.63) is 101 Å². The van der Waals surface area contributed by atoms with Crippen LogP contribution in [-0.2, 0) is 0 Å². The van der Waals surface area contributed by atoms with Crippen molar-refractivity contribution in [3.63, 3.8) is 0 Å². The maximum absolute atomic E-state index is 13.6. The second-order valence-corrected chi connectivity index (χ2v) is 9.62. The SMILES string of the molecule is Cc1cccc(Nc2sc3c(-c4ccc(Cl)cc4)c(C#N)c(N)nc3c2C(=O)Nc2ccccc2)c1. The maximum Gasteiger partial charge on any atom is 0.260 e. The molecule has 0 fully saturated rings. The van der Waals surface area contributed by atoms with Crippen molar-refractivity contribution in [2.75, 3.05) is 16.4 Å². The molecule has 8 heteroatoms. The van der Waals surface area contributed by atoms with Crippen LogP contribution in [0.25, 0.3) is 21.3 Å². The third kappa shape index (κ3) is 4.48. The number of carbonyl (C=O) groups is 1. The van der Waals surface area contributed by atoms with Crippen LogP contribution in [-0.4, -0.2) is 10.9 Å². The number of halogens is 1. The number of nitrogen functional groups attached to an aromatic ring is 1. The highest BCUT2D eigenvalue weighted by atomic mass is 35.5. The molecule has 1 amide bonds. The van der Waals surface area contributed by atoms with E-state index in [0.29, 0.717) is 37.1 Å². The van der Waals surface area contributed by atoms with Gasteiger partial charge in [-0.05, 0) is 54.4 Å². The fourth-order valence-corrected chi connectivity index (χ4v) is 5.35. The summed E-state index contributed by atoms with van der Waals surface area (Å²) in [6.07, 6.45) is 0. The number of amides is 1. The molecule has 6 nitrogen and oxygen atoms in total. The second kappa shape index (κ2) is 9.70. The minimum absolute atomic E-state index is 0.0589. The Bertz CT molecular complexity index is 1640. The molecule has 0 aliphatic rings. The van der Waals surface area contributed by atoms with Gasteiger partial charge in [-0.1, -0.05) is 54.1 Å². The number of aryl methyl sites for hydroxylation is 1. The molecular weight excluding hydrogens is 490 g/mol. The highest BCUT2D eigenvalue weighted by Crippen LogP contribution is 2.44. The lowest BCUT2D eigenvalue weighted by atomic mass is 10.00. The summed E-state index contributed by atoms with van der Waals surface area (Å²) in [5.41, 5.74) is 11.2. The summed E-state index contributed by atoms with van der Waals surface area (Å²) < 4.78 is 0.677. The van der Waals surface area contributed by atoms with Gasteiger partial charge in [0.2, 0.25) is 0 Å². The number of nitrogens with one attached hydrogen (secondary N) is 2. The Morgan fingerprint density at radius 2 is 1.75 bits per heavy atom. The van der Waals surface area contributed by atoms with Crippen molar-refractivity contribution in [2.45, 2.75) is 6.92 Å². The maximum atomic E-state index is 13.6. The predicted octanol–water partition coefficient (Wildman–Crippen LogP) is 7.37. The molecule has 2 aromatic heterocycles.